The topological polar surface area (TPSA) is 85.3 Å². The molecule has 0 spiro atoms. The number of carbonyl (C=O) groups excluding carboxylic acids is 2. The normalized spacial score (nSPS) is 17.6. The fourth-order valence-corrected chi connectivity index (χ4v) is 3.80. The van der Waals surface area contributed by atoms with Crippen molar-refractivity contribution in [3.8, 4) is 11.5 Å². The summed E-state index contributed by atoms with van der Waals surface area (Å²) < 4.78 is 16.1. The maximum absolute atomic E-state index is 13.0. The van der Waals surface area contributed by atoms with Crippen LogP contribution in [0.4, 0.5) is 0 Å². The Morgan fingerprint density at radius 3 is 2.38 bits per heavy atom. The number of rotatable bonds is 9. The van der Waals surface area contributed by atoms with Gasteiger partial charge in [0.2, 0.25) is 0 Å². The Morgan fingerprint density at radius 1 is 1.06 bits per heavy atom. The van der Waals surface area contributed by atoms with Gasteiger partial charge in [-0.1, -0.05) is 23.7 Å². The molecule has 1 saturated heterocycles. The van der Waals surface area contributed by atoms with Crippen LogP contribution in [-0.4, -0.2) is 55.2 Å². The number of aliphatic hydroxyl groups is 1. The van der Waals surface area contributed by atoms with Crippen LogP contribution >= 0.6 is 11.6 Å². The van der Waals surface area contributed by atoms with E-state index >= 15 is 0 Å². The molecule has 1 aliphatic rings. The molecule has 0 aromatic heterocycles. The highest BCUT2D eigenvalue weighted by Crippen LogP contribution is 2.40. The summed E-state index contributed by atoms with van der Waals surface area (Å²) in [7, 11) is 1.52. The molecular weight excluding hydrogens is 434 g/mol. The number of halogens is 1. The lowest BCUT2D eigenvalue weighted by Gasteiger charge is -2.25. The maximum atomic E-state index is 13.0. The molecular formula is C24H26ClNO6. The van der Waals surface area contributed by atoms with Crippen molar-refractivity contribution in [2.24, 2.45) is 0 Å². The maximum Gasteiger partial charge on any atom is 0.295 e. The van der Waals surface area contributed by atoms with Gasteiger partial charge < -0.3 is 24.2 Å². The van der Waals surface area contributed by atoms with Gasteiger partial charge in [-0.2, -0.15) is 0 Å². The van der Waals surface area contributed by atoms with Crippen LogP contribution < -0.4 is 9.47 Å². The fourth-order valence-electron chi connectivity index (χ4n) is 3.63. The van der Waals surface area contributed by atoms with Crippen molar-refractivity contribution < 1.29 is 28.9 Å². The van der Waals surface area contributed by atoms with Crippen molar-refractivity contribution in [1.29, 1.82) is 0 Å². The summed E-state index contributed by atoms with van der Waals surface area (Å²) in [6, 6.07) is 11.0. The molecule has 170 valence electrons. The predicted octanol–water partition coefficient (Wildman–Crippen LogP) is 4.21. The van der Waals surface area contributed by atoms with Crippen molar-refractivity contribution in [3.05, 3.63) is 64.2 Å². The van der Waals surface area contributed by atoms with E-state index in [4.69, 9.17) is 25.8 Å². The third-order valence-electron chi connectivity index (χ3n) is 5.09. The summed E-state index contributed by atoms with van der Waals surface area (Å²) in [5.41, 5.74) is 1.00. The zero-order valence-electron chi connectivity index (χ0n) is 18.3. The molecule has 0 aliphatic carbocycles. The van der Waals surface area contributed by atoms with Gasteiger partial charge in [-0.05, 0) is 49.7 Å². The van der Waals surface area contributed by atoms with Gasteiger partial charge in [-0.25, -0.2) is 0 Å². The van der Waals surface area contributed by atoms with E-state index in [9.17, 15) is 14.7 Å². The molecule has 1 N–H and O–H groups in total. The number of hydrogen-bond acceptors (Lipinski definition) is 6. The number of methoxy groups -OCH3 is 1. The summed E-state index contributed by atoms with van der Waals surface area (Å²) in [5.74, 6) is -0.694. The van der Waals surface area contributed by atoms with Crippen molar-refractivity contribution in [2.45, 2.75) is 19.9 Å². The first kappa shape index (κ1) is 23.6. The number of hydrogen-bond donors (Lipinski definition) is 1. The smallest absolute Gasteiger partial charge is 0.295 e. The highest BCUT2D eigenvalue weighted by atomic mass is 35.5. The second-order valence-electron chi connectivity index (χ2n) is 7.07. The monoisotopic (exact) mass is 459 g/mol. The van der Waals surface area contributed by atoms with E-state index in [1.165, 1.54) is 12.0 Å². The minimum atomic E-state index is -0.771. The zero-order chi connectivity index (χ0) is 23.3. The molecule has 1 atom stereocenters. The summed E-state index contributed by atoms with van der Waals surface area (Å²) in [5, 5.41) is 11.5. The molecule has 1 heterocycles. The van der Waals surface area contributed by atoms with E-state index in [1.807, 2.05) is 13.8 Å². The van der Waals surface area contributed by atoms with Crippen LogP contribution in [0, 0.1) is 0 Å². The number of aliphatic hydroxyl groups excluding tert-OH is 1. The molecule has 2 aromatic carbocycles. The Balaban J connectivity index is 2.12. The van der Waals surface area contributed by atoms with Gasteiger partial charge in [0.25, 0.3) is 11.7 Å². The lowest BCUT2D eigenvalue weighted by Crippen LogP contribution is -2.32. The van der Waals surface area contributed by atoms with Crippen LogP contribution in [0.3, 0.4) is 0 Å². The van der Waals surface area contributed by atoms with Crippen LogP contribution in [0.25, 0.3) is 5.76 Å². The van der Waals surface area contributed by atoms with Crippen LogP contribution in [0.5, 0.6) is 11.5 Å². The zero-order valence-corrected chi connectivity index (χ0v) is 19.0. The first-order valence-electron chi connectivity index (χ1n) is 10.4. The summed E-state index contributed by atoms with van der Waals surface area (Å²) in [4.78, 5) is 27.2. The third-order valence-corrected chi connectivity index (χ3v) is 5.40. The second-order valence-corrected chi connectivity index (χ2v) is 7.47. The van der Waals surface area contributed by atoms with Crippen LogP contribution in [0.1, 0.15) is 31.0 Å². The Morgan fingerprint density at radius 2 is 1.75 bits per heavy atom. The first-order valence-corrected chi connectivity index (χ1v) is 10.7. The van der Waals surface area contributed by atoms with Crippen molar-refractivity contribution in [1.82, 2.24) is 4.90 Å². The van der Waals surface area contributed by atoms with E-state index < -0.39 is 17.7 Å². The Bertz CT molecular complexity index is 1020. The molecule has 0 saturated carbocycles. The van der Waals surface area contributed by atoms with Crippen LogP contribution in [-0.2, 0) is 14.3 Å². The highest BCUT2D eigenvalue weighted by molar-refractivity contribution is 6.46. The van der Waals surface area contributed by atoms with E-state index in [2.05, 4.69) is 0 Å². The SMILES string of the molecule is CCOc1ccc(C2/C(=C(/O)c3ccc(Cl)c(OCC)c3)C(=O)C(=O)N2CCOC)cc1. The standard InChI is InChI=1S/C24H26ClNO6/c1-4-31-17-9-6-15(7-10-17)21-20(23(28)24(29)26(21)12-13-30-3)22(27)16-8-11-18(25)19(14-16)32-5-2/h6-11,14,21,27H,4-5,12-13H2,1-3H3/b22-20-. The van der Waals surface area contributed by atoms with Gasteiger partial charge in [0.1, 0.15) is 17.3 Å². The van der Waals surface area contributed by atoms with Gasteiger partial charge in [0.15, 0.2) is 0 Å². The summed E-state index contributed by atoms with van der Waals surface area (Å²) in [6.07, 6.45) is 0. The van der Waals surface area contributed by atoms with E-state index in [1.54, 1.807) is 42.5 Å². The van der Waals surface area contributed by atoms with Crippen molar-refractivity contribution in [2.75, 3.05) is 33.5 Å². The average Bonchev–Trinajstić information content (AvgIpc) is 3.04. The average molecular weight is 460 g/mol. The van der Waals surface area contributed by atoms with Gasteiger partial charge in [-0.3, -0.25) is 9.59 Å². The molecule has 1 fully saturated rings. The minimum absolute atomic E-state index is 0.0000314. The van der Waals surface area contributed by atoms with E-state index in [0.717, 1.165) is 0 Å². The predicted molar refractivity (Wildman–Crippen MR) is 121 cm³/mol. The van der Waals surface area contributed by atoms with Gasteiger partial charge >= 0.3 is 0 Å². The van der Waals surface area contributed by atoms with Crippen LogP contribution in [0.15, 0.2) is 48.0 Å². The molecule has 32 heavy (non-hydrogen) atoms. The molecule has 0 bridgehead atoms. The van der Waals surface area contributed by atoms with Gasteiger partial charge in [0.05, 0.1) is 36.5 Å². The largest absolute Gasteiger partial charge is 0.507 e. The lowest BCUT2D eigenvalue weighted by molar-refractivity contribution is -0.140. The Labute approximate surface area is 192 Å². The molecule has 1 unspecified atom stereocenters. The fraction of sp³-hybridized carbons (Fsp3) is 0.333. The third kappa shape index (κ3) is 4.74. The summed E-state index contributed by atoms with van der Waals surface area (Å²) in [6.45, 7) is 5.05. The Kier molecular flexibility index (Phi) is 7.77. The molecule has 2 aromatic rings. The molecule has 1 amide bonds. The molecule has 7 nitrogen and oxygen atoms in total. The van der Waals surface area contributed by atoms with Gasteiger partial charge in [-0.15, -0.1) is 0 Å². The number of ether oxygens (including phenoxy) is 3. The van der Waals surface area contributed by atoms with Crippen molar-refractivity contribution >= 4 is 29.1 Å². The number of nitrogens with zero attached hydrogens (tertiary/aromatic N) is 1. The van der Waals surface area contributed by atoms with Gasteiger partial charge in [0, 0.05) is 19.2 Å². The molecule has 8 heteroatoms. The number of benzene rings is 2. The molecule has 3 rings (SSSR count). The number of Topliss-reactive ketones (excluding diaryl/α,β-unsaturated/α-hetero) is 1. The van der Waals surface area contributed by atoms with E-state index in [-0.39, 0.29) is 24.5 Å². The number of ketones is 1. The van der Waals surface area contributed by atoms with Crippen molar-refractivity contribution in [3.63, 3.8) is 0 Å². The number of carbonyl (C=O) groups is 2. The second kappa shape index (κ2) is 10.5. The minimum Gasteiger partial charge on any atom is -0.507 e. The quantitative estimate of drug-likeness (QED) is 0.343. The summed E-state index contributed by atoms with van der Waals surface area (Å²) >= 11 is 6.16. The van der Waals surface area contributed by atoms with Crippen LogP contribution in [0.2, 0.25) is 5.02 Å². The van der Waals surface area contributed by atoms with E-state index in [0.29, 0.717) is 40.9 Å². The lowest BCUT2D eigenvalue weighted by atomic mass is 9.95. The number of likely N-dealkylation sites (tertiary alicyclic amines) is 1. The molecule has 0 radical (unpaired) electrons. The first-order chi connectivity index (χ1) is 15.4. The molecule has 1 aliphatic heterocycles. The Hall–Kier alpha value is -3.03. The number of amides is 1. The highest BCUT2D eigenvalue weighted by Gasteiger charge is 2.45.